The van der Waals surface area contributed by atoms with Crippen molar-refractivity contribution in [3.05, 3.63) is 45.3 Å². The number of rotatable bonds is 8. The molecule has 0 bridgehead atoms. The first-order valence-corrected chi connectivity index (χ1v) is 14.2. The summed E-state index contributed by atoms with van der Waals surface area (Å²) in [5.41, 5.74) is 6.04. The van der Waals surface area contributed by atoms with E-state index in [4.69, 9.17) is 19.7 Å². The summed E-state index contributed by atoms with van der Waals surface area (Å²) in [4.78, 5) is 39.2. The van der Waals surface area contributed by atoms with Gasteiger partial charge in [-0.3, -0.25) is 23.5 Å². The minimum Gasteiger partial charge on any atom is -0.394 e. The van der Waals surface area contributed by atoms with E-state index in [1.54, 1.807) is 36.6 Å². The number of hydrogen-bond donors (Lipinski definition) is 4. The second-order valence-corrected chi connectivity index (χ2v) is 12.4. The maximum atomic E-state index is 14.3. The number of anilines is 1. The highest BCUT2D eigenvalue weighted by Gasteiger charge is 2.43. The van der Waals surface area contributed by atoms with Crippen molar-refractivity contribution in [2.45, 2.75) is 31.6 Å². The number of morpholine rings is 2. The van der Waals surface area contributed by atoms with E-state index in [2.05, 4.69) is 25.3 Å². The molecule has 2 fully saturated rings. The molecule has 0 aromatic carbocycles. The Morgan fingerprint density at radius 1 is 1.15 bits per heavy atom. The quantitative estimate of drug-likeness (QED) is 0.227. The van der Waals surface area contributed by atoms with Gasteiger partial charge >= 0.3 is 13.4 Å². The minimum atomic E-state index is -3.68. The number of imidazole rings is 1. The molecule has 0 radical (unpaired) electrons. The lowest BCUT2D eigenvalue weighted by atomic mass is 10.3. The van der Waals surface area contributed by atoms with Gasteiger partial charge in [-0.05, 0) is 21.0 Å². The van der Waals surface area contributed by atoms with Crippen LogP contribution in [0.5, 0.6) is 0 Å². The standard InChI is InChI=1S/C22H33N10O7P/c1-13-6-31(22(35)28-21(13)34)17-8-30(7-15(9-33)39-17)40(36,29(2)3)37-10-14-4-24-5-16(38-14)32-12-27-18-19(23)25-11-26-20(18)32/h6,11-12,14-17,24,33H,4-5,7-10H2,1-3H3,(H2,23,25,26)(H,28,34,35)/t14-,15-,16+,17+,40-/m0/s1. The van der Waals surface area contributed by atoms with Crippen molar-refractivity contribution >= 4 is 24.7 Å². The molecule has 2 aliphatic heterocycles. The fourth-order valence-corrected chi connectivity index (χ4v) is 6.71. The molecule has 18 heteroatoms. The Hall–Kier alpha value is -3.02. The van der Waals surface area contributed by atoms with Gasteiger partial charge in [0.1, 0.15) is 18.1 Å². The van der Waals surface area contributed by atoms with Crippen molar-refractivity contribution in [3.8, 4) is 0 Å². The number of aliphatic hydroxyl groups is 1. The van der Waals surface area contributed by atoms with Gasteiger partial charge in [-0.15, -0.1) is 0 Å². The minimum absolute atomic E-state index is 0.00585. The highest BCUT2D eigenvalue weighted by atomic mass is 31.2. The fraction of sp³-hybridized carbons (Fsp3) is 0.591. The second-order valence-electron chi connectivity index (χ2n) is 9.83. The Kier molecular flexibility index (Phi) is 8.17. The molecule has 2 aliphatic rings. The van der Waals surface area contributed by atoms with E-state index >= 15 is 0 Å². The summed E-state index contributed by atoms with van der Waals surface area (Å²) in [5.74, 6) is 0.267. The molecule has 5 rings (SSSR count). The number of nitrogens with one attached hydrogen (secondary N) is 2. The number of H-pyrrole nitrogens is 1. The summed E-state index contributed by atoms with van der Waals surface area (Å²) in [7, 11) is -0.429. The zero-order valence-electron chi connectivity index (χ0n) is 22.3. The molecule has 0 aliphatic carbocycles. The summed E-state index contributed by atoms with van der Waals surface area (Å²) < 4.78 is 38.5. The molecule has 2 saturated heterocycles. The van der Waals surface area contributed by atoms with Gasteiger partial charge in [-0.25, -0.2) is 29.1 Å². The number of aromatic nitrogens is 6. The number of nitrogen functional groups attached to an aromatic ring is 1. The summed E-state index contributed by atoms with van der Waals surface area (Å²) in [6.07, 6.45) is 1.70. The zero-order valence-corrected chi connectivity index (χ0v) is 23.2. The van der Waals surface area contributed by atoms with Gasteiger partial charge in [-0.1, -0.05) is 0 Å². The van der Waals surface area contributed by atoms with Gasteiger partial charge in [0.2, 0.25) is 0 Å². The molecular weight excluding hydrogens is 547 g/mol. The molecule has 17 nitrogen and oxygen atoms in total. The number of nitrogens with two attached hydrogens (primary N) is 1. The smallest absolute Gasteiger partial charge is 0.345 e. The Morgan fingerprint density at radius 3 is 2.67 bits per heavy atom. The van der Waals surface area contributed by atoms with Gasteiger partial charge in [0.05, 0.1) is 38.3 Å². The first-order valence-electron chi connectivity index (χ1n) is 12.7. The van der Waals surface area contributed by atoms with E-state index in [-0.39, 0.29) is 32.1 Å². The van der Waals surface area contributed by atoms with Crippen LogP contribution in [-0.4, -0.2) is 109 Å². The lowest BCUT2D eigenvalue weighted by molar-refractivity contribution is -0.124. The molecule has 3 aromatic rings. The van der Waals surface area contributed by atoms with Crippen molar-refractivity contribution in [2.75, 3.05) is 59.2 Å². The molecule has 3 aromatic heterocycles. The summed E-state index contributed by atoms with van der Waals surface area (Å²) in [6.45, 7) is 2.19. The van der Waals surface area contributed by atoms with Crippen LogP contribution in [0.3, 0.4) is 0 Å². The average Bonchev–Trinajstić information content (AvgIpc) is 3.39. The first kappa shape index (κ1) is 28.5. The molecular formula is C22H33N10O7P. The third-order valence-corrected chi connectivity index (χ3v) is 9.36. The predicted molar refractivity (Wildman–Crippen MR) is 142 cm³/mol. The SMILES string of the molecule is Cc1cn([C@H]2CN([P@@](=O)(OC[C@@H]3CNC[C@H](n4cnc5c(N)ncnc54)O3)N(C)C)C[C@@H](CO)O2)c(=O)[nH]c1=O. The van der Waals surface area contributed by atoms with Crippen LogP contribution in [-0.2, 0) is 18.6 Å². The third kappa shape index (κ3) is 5.46. The summed E-state index contributed by atoms with van der Waals surface area (Å²) >= 11 is 0. The molecule has 40 heavy (non-hydrogen) atoms. The van der Waals surface area contributed by atoms with Crippen LogP contribution in [0, 0.1) is 6.92 Å². The van der Waals surface area contributed by atoms with E-state index in [9.17, 15) is 19.3 Å². The van der Waals surface area contributed by atoms with Crippen molar-refractivity contribution in [1.29, 1.82) is 0 Å². The predicted octanol–water partition coefficient (Wildman–Crippen LogP) is -1.37. The molecule has 5 heterocycles. The topological polar surface area (TPSA) is 208 Å². The Balaban J connectivity index is 1.33. The number of nitrogens with zero attached hydrogens (tertiary/aromatic N) is 7. The monoisotopic (exact) mass is 580 g/mol. The summed E-state index contributed by atoms with van der Waals surface area (Å²) in [6, 6.07) is 0. The van der Waals surface area contributed by atoms with Crippen LogP contribution in [0.15, 0.2) is 28.4 Å². The van der Waals surface area contributed by atoms with Gasteiger partial charge in [-0.2, -0.15) is 0 Å². The number of hydrogen-bond acceptors (Lipinski definition) is 12. The highest BCUT2D eigenvalue weighted by Crippen LogP contribution is 2.54. The summed E-state index contributed by atoms with van der Waals surface area (Å²) in [5, 5.41) is 13.2. The van der Waals surface area contributed by atoms with Crippen LogP contribution in [0.1, 0.15) is 18.0 Å². The van der Waals surface area contributed by atoms with Crippen molar-refractivity contribution in [1.82, 2.24) is 43.7 Å². The fourth-order valence-electron chi connectivity index (χ4n) is 4.72. The van der Waals surface area contributed by atoms with Crippen molar-refractivity contribution < 1.29 is 23.7 Å². The molecule has 218 valence electrons. The van der Waals surface area contributed by atoms with E-state index in [0.717, 1.165) is 0 Å². The van der Waals surface area contributed by atoms with Gasteiger partial charge in [0.15, 0.2) is 17.7 Å². The molecule has 0 spiro atoms. The van der Waals surface area contributed by atoms with Gasteiger partial charge < -0.3 is 30.2 Å². The van der Waals surface area contributed by atoms with Crippen molar-refractivity contribution in [2.24, 2.45) is 0 Å². The third-order valence-electron chi connectivity index (χ3n) is 6.82. The van der Waals surface area contributed by atoms with Crippen LogP contribution in [0.2, 0.25) is 0 Å². The Morgan fingerprint density at radius 2 is 1.93 bits per heavy atom. The molecule has 0 saturated carbocycles. The first-order chi connectivity index (χ1) is 19.1. The lowest BCUT2D eigenvalue weighted by Gasteiger charge is -2.43. The normalized spacial score (nSPS) is 25.8. The second kappa shape index (κ2) is 11.5. The Bertz CT molecular complexity index is 1520. The van der Waals surface area contributed by atoms with Crippen molar-refractivity contribution in [3.63, 3.8) is 0 Å². The van der Waals surface area contributed by atoms with Gasteiger partial charge in [0, 0.05) is 31.4 Å². The van der Waals surface area contributed by atoms with Crippen LogP contribution >= 0.6 is 7.67 Å². The van der Waals surface area contributed by atoms with E-state index in [1.807, 2.05) is 0 Å². The highest BCUT2D eigenvalue weighted by molar-refractivity contribution is 7.53. The lowest BCUT2D eigenvalue weighted by Crippen LogP contribution is -2.50. The number of ether oxygens (including phenoxy) is 2. The number of aryl methyl sites for hydroxylation is 1. The van der Waals surface area contributed by atoms with E-state index < -0.39 is 43.6 Å². The molecule has 0 amide bonds. The average molecular weight is 581 g/mol. The van der Waals surface area contributed by atoms with E-state index in [1.165, 1.54) is 21.8 Å². The maximum Gasteiger partial charge on any atom is 0.345 e. The zero-order chi connectivity index (χ0) is 28.6. The van der Waals surface area contributed by atoms with E-state index in [0.29, 0.717) is 29.8 Å². The Labute approximate surface area is 228 Å². The number of aromatic amines is 1. The molecule has 5 atom stereocenters. The van der Waals surface area contributed by atoms with Crippen LogP contribution in [0.4, 0.5) is 5.82 Å². The number of aliphatic hydroxyl groups excluding tert-OH is 1. The van der Waals surface area contributed by atoms with Crippen LogP contribution in [0.25, 0.3) is 11.2 Å². The maximum absolute atomic E-state index is 14.3. The number of fused-ring (bicyclic) bond motifs is 1. The van der Waals surface area contributed by atoms with Crippen LogP contribution < -0.4 is 22.3 Å². The molecule has 0 unspecified atom stereocenters. The molecule has 5 N–H and O–H groups in total. The largest absolute Gasteiger partial charge is 0.394 e. The van der Waals surface area contributed by atoms with Gasteiger partial charge in [0.25, 0.3) is 5.56 Å².